The molecule has 98 valence electrons. The minimum Gasteiger partial charge on any atom is -0.308 e. The number of carbonyl (C=O) groups excluding carboxylic acids is 1. The summed E-state index contributed by atoms with van der Waals surface area (Å²) in [6.45, 7) is 4.99. The fraction of sp³-hybridized carbons (Fsp3) is 0.583. The Morgan fingerprint density at radius 3 is 2.89 bits per heavy atom. The molecule has 1 aliphatic rings. The topological polar surface area (TPSA) is 86.9 Å². The molecule has 1 amide bonds. The van der Waals surface area contributed by atoms with Crippen molar-refractivity contribution in [2.75, 3.05) is 11.9 Å². The number of hydrogen-bond donors (Lipinski definition) is 3. The van der Waals surface area contributed by atoms with Crippen LogP contribution in [0.1, 0.15) is 26.7 Å². The van der Waals surface area contributed by atoms with Crippen LogP contribution in [0.4, 0.5) is 5.82 Å². The highest BCUT2D eigenvalue weighted by Gasteiger charge is 2.37. The maximum atomic E-state index is 12.2. The standard InChI is InChI=1S/C12H18N4O2/c1-12(2)6-3-7-13-10(12)11(18)14-8-4-5-9(17)16-15-8/h4-5,10,13H,3,6-7H2,1-2H3,(H,16,17)(H,14,15,18). The van der Waals surface area contributed by atoms with Crippen molar-refractivity contribution in [3.8, 4) is 0 Å². The van der Waals surface area contributed by atoms with E-state index in [0.29, 0.717) is 5.82 Å². The van der Waals surface area contributed by atoms with Gasteiger partial charge in [-0.2, -0.15) is 5.10 Å². The van der Waals surface area contributed by atoms with E-state index in [-0.39, 0.29) is 22.9 Å². The monoisotopic (exact) mass is 250 g/mol. The summed E-state index contributed by atoms with van der Waals surface area (Å²) in [5, 5.41) is 12.0. The maximum absolute atomic E-state index is 12.2. The number of aromatic nitrogens is 2. The number of carbonyl (C=O) groups is 1. The molecule has 0 spiro atoms. The average Bonchev–Trinajstić information content (AvgIpc) is 2.31. The fourth-order valence-electron chi connectivity index (χ4n) is 2.27. The number of piperidine rings is 1. The Morgan fingerprint density at radius 1 is 1.50 bits per heavy atom. The van der Waals surface area contributed by atoms with E-state index in [2.05, 4.69) is 34.7 Å². The molecular formula is C12H18N4O2. The molecule has 18 heavy (non-hydrogen) atoms. The van der Waals surface area contributed by atoms with Crippen LogP contribution in [-0.4, -0.2) is 28.7 Å². The first-order valence-corrected chi connectivity index (χ1v) is 6.09. The molecule has 0 bridgehead atoms. The summed E-state index contributed by atoms with van der Waals surface area (Å²) < 4.78 is 0. The zero-order valence-corrected chi connectivity index (χ0v) is 10.6. The molecule has 3 N–H and O–H groups in total. The van der Waals surface area contributed by atoms with Gasteiger partial charge in [0.1, 0.15) is 0 Å². The van der Waals surface area contributed by atoms with Crippen molar-refractivity contribution >= 4 is 11.7 Å². The van der Waals surface area contributed by atoms with Gasteiger partial charge in [-0.3, -0.25) is 9.59 Å². The average molecular weight is 250 g/mol. The molecule has 0 radical (unpaired) electrons. The SMILES string of the molecule is CC1(C)CCCNC1C(=O)Nc1ccc(=O)[nH]n1. The molecule has 0 aromatic carbocycles. The zero-order valence-electron chi connectivity index (χ0n) is 10.6. The van der Waals surface area contributed by atoms with Gasteiger partial charge in [0.15, 0.2) is 5.82 Å². The smallest absolute Gasteiger partial charge is 0.264 e. The van der Waals surface area contributed by atoms with Gasteiger partial charge < -0.3 is 10.6 Å². The minimum atomic E-state index is -0.288. The molecule has 2 rings (SSSR count). The second-order valence-corrected chi connectivity index (χ2v) is 5.27. The Hall–Kier alpha value is -1.69. The number of aromatic amines is 1. The summed E-state index contributed by atoms with van der Waals surface area (Å²) in [6.07, 6.45) is 2.09. The van der Waals surface area contributed by atoms with Crippen molar-refractivity contribution in [2.24, 2.45) is 5.41 Å². The highest BCUT2D eigenvalue weighted by atomic mass is 16.2. The molecule has 1 unspecified atom stereocenters. The summed E-state index contributed by atoms with van der Waals surface area (Å²) in [5.41, 5.74) is -0.367. The molecule has 1 aliphatic heterocycles. The highest BCUT2D eigenvalue weighted by molar-refractivity contribution is 5.94. The first-order valence-electron chi connectivity index (χ1n) is 6.09. The molecular weight excluding hydrogens is 232 g/mol. The summed E-state index contributed by atoms with van der Waals surface area (Å²) in [7, 11) is 0. The molecule has 0 aliphatic carbocycles. The van der Waals surface area contributed by atoms with E-state index in [1.807, 2.05) is 0 Å². The van der Waals surface area contributed by atoms with Crippen LogP contribution >= 0.6 is 0 Å². The number of rotatable bonds is 2. The summed E-state index contributed by atoms with van der Waals surface area (Å²) >= 11 is 0. The predicted molar refractivity (Wildman–Crippen MR) is 68.3 cm³/mol. The summed E-state index contributed by atoms with van der Waals surface area (Å²) in [6, 6.07) is 2.59. The predicted octanol–water partition coefficient (Wildman–Crippen LogP) is 0.487. The molecule has 1 aromatic heterocycles. The van der Waals surface area contributed by atoms with Gasteiger partial charge >= 0.3 is 0 Å². The second-order valence-electron chi connectivity index (χ2n) is 5.27. The van der Waals surface area contributed by atoms with Crippen molar-refractivity contribution in [3.05, 3.63) is 22.5 Å². The zero-order chi connectivity index (χ0) is 13.2. The number of amides is 1. The van der Waals surface area contributed by atoms with Crippen LogP contribution in [-0.2, 0) is 4.79 Å². The fourth-order valence-corrected chi connectivity index (χ4v) is 2.27. The Morgan fingerprint density at radius 2 is 2.28 bits per heavy atom. The van der Waals surface area contributed by atoms with E-state index >= 15 is 0 Å². The number of nitrogens with one attached hydrogen (secondary N) is 3. The van der Waals surface area contributed by atoms with E-state index < -0.39 is 0 Å². The lowest BCUT2D eigenvalue weighted by Crippen LogP contribution is -2.53. The van der Waals surface area contributed by atoms with Gasteiger partial charge in [0.05, 0.1) is 6.04 Å². The highest BCUT2D eigenvalue weighted by Crippen LogP contribution is 2.30. The molecule has 1 fully saturated rings. The summed E-state index contributed by atoms with van der Waals surface area (Å²) in [5.74, 6) is 0.252. The Balaban J connectivity index is 2.07. The van der Waals surface area contributed by atoms with Gasteiger partial charge in [0, 0.05) is 6.07 Å². The van der Waals surface area contributed by atoms with Gasteiger partial charge in [-0.15, -0.1) is 0 Å². The molecule has 1 aromatic rings. The molecule has 0 saturated carbocycles. The molecule has 1 saturated heterocycles. The largest absolute Gasteiger partial charge is 0.308 e. The lowest BCUT2D eigenvalue weighted by molar-refractivity contribution is -0.121. The maximum Gasteiger partial charge on any atom is 0.264 e. The van der Waals surface area contributed by atoms with Crippen LogP contribution < -0.4 is 16.2 Å². The van der Waals surface area contributed by atoms with Gasteiger partial charge in [0.2, 0.25) is 5.91 Å². The first kappa shape index (κ1) is 12.8. The summed E-state index contributed by atoms with van der Waals surface area (Å²) in [4.78, 5) is 23.0. The van der Waals surface area contributed by atoms with Gasteiger partial charge in [-0.25, -0.2) is 5.10 Å². The third-order valence-electron chi connectivity index (χ3n) is 3.32. The van der Waals surface area contributed by atoms with E-state index in [4.69, 9.17) is 0 Å². The Bertz CT molecular complexity index is 475. The van der Waals surface area contributed by atoms with Crippen molar-refractivity contribution in [2.45, 2.75) is 32.7 Å². The third kappa shape index (κ3) is 2.76. The molecule has 1 atom stereocenters. The number of hydrogen-bond acceptors (Lipinski definition) is 4. The Kier molecular flexibility index (Phi) is 3.47. The quantitative estimate of drug-likeness (QED) is 0.712. The molecule has 6 heteroatoms. The molecule has 2 heterocycles. The number of H-pyrrole nitrogens is 1. The van der Waals surface area contributed by atoms with Gasteiger partial charge in [-0.1, -0.05) is 13.8 Å². The lowest BCUT2D eigenvalue weighted by atomic mass is 9.77. The Labute approximate surface area is 105 Å². The molecule has 6 nitrogen and oxygen atoms in total. The van der Waals surface area contributed by atoms with E-state index in [1.165, 1.54) is 12.1 Å². The minimum absolute atomic E-state index is 0.0788. The number of anilines is 1. The number of nitrogens with zero attached hydrogens (tertiary/aromatic N) is 1. The van der Waals surface area contributed by atoms with E-state index in [1.54, 1.807) is 0 Å². The first-order chi connectivity index (χ1) is 8.49. The van der Waals surface area contributed by atoms with Crippen molar-refractivity contribution in [1.82, 2.24) is 15.5 Å². The van der Waals surface area contributed by atoms with Crippen molar-refractivity contribution < 1.29 is 4.79 Å². The van der Waals surface area contributed by atoms with Crippen LogP contribution in [0.2, 0.25) is 0 Å². The van der Waals surface area contributed by atoms with Crippen LogP contribution in [0.3, 0.4) is 0 Å². The van der Waals surface area contributed by atoms with Crippen LogP contribution in [0.5, 0.6) is 0 Å². The lowest BCUT2D eigenvalue weighted by Gasteiger charge is -2.38. The third-order valence-corrected chi connectivity index (χ3v) is 3.32. The normalized spacial score (nSPS) is 22.4. The van der Waals surface area contributed by atoms with Crippen molar-refractivity contribution in [3.63, 3.8) is 0 Å². The van der Waals surface area contributed by atoms with Gasteiger partial charge in [-0.05, 0) is 30.9 Å². The van der Waals surface area contributed by atoms with Crippen LogP contribution in [0, 0.1) is 5.41 Å². The van der Waals surface area contributed by atoms with E-state index in [0.717, 1.165) is 19.4 Å². The van der Waals surface area contributed by atoms with Crippen molar-refractivity contribution in [1.29, 1.82) is 0 Å². The van der Waals surface area contributed by atoms with Crippen LogP contribution in [0.15, 0.2) is 16.9 Å². The second kappa shape index (κ2) is 4.89. The van der Waals surface area contributed by atoms with Gasteiger partial charge in [0.25, 0.3) is 5.56 Å². The van der Waals surface area contributed by atoms with E-state index in [9.17, 15) is 9.59 Å². The van der Waals surface area contributed by atoms with Crippen LogP contribution in [0.25, 0.3) is 0 Å².